The Labute approximate surface area is 120 Å². The van der Waals surface area contributed by atoms with E-state index in [9.17, 15) is 0 Å². The van der Waals surface area contributed by atoms with Crippen molar-refractivity contribution < 1.29 is 39.0 Å². The summed E-state index contributed by atoms with van der Waals surface area (Å²) in [4.78, 5) is 14.5. The third kappa shape index (κ3) is 23.2. The second-order valence-corrected chi connectivity index (χ2v) is 1.92. The summed E-state index contributed by atoms with van der Waals surface area (Å²) < 4.78 is 0. The van der Waals surface area contributed by atoms with Crippen LogP contribution in [0.2, 0.25) is 0 Å². The van der Waals surface area contributed by atoms with E-state index in [4.69, 9.17) is 21.0 Å². The van der Waals surface area contributed by atoms with E-state index in [0.717, 1.165) is 0 Å². The molecule has 0 aromatic heterocycles. The summed E-state index contributed by atoms with van der Waals surface area (Å²) in [6.07, 6.45) is 0. The molecule has 2 aromatic rings. The molecule has 91 valence electrons. The molecule has 0 atom stereocenters. The van der Waals surface area contributed by atoms with Gasteiger partial charge in [-0.15, -0.1) is 0 Å². The molecule has 1 radical (unpaired) electrons. The van der Waals surface area contributed by atoms with E-state index in [1.165, 1.54) is 0 Å². The van der Waals surface area contributed by atoms with Crippen molar-refractivity contribution >= 4 is 0 Å². The van der Waals surface area contributed by atoms with Gasteiger partial charge in [-0.05, 0) is 0 Å². The Hall–Kier alpha value is -0.853. The number of hydrogen-bond donors (Lipinski definition) is 0. The zero-order valence-electron chi connectivity index (χ0n) is 8.19. The molecule has 0 aliphatic rings. The van der Waals surface area contributed by atoms with Crippen LogP contribution in [0.4, 0.5) is 0 Å². The summed E-state index contributed by atoms with van der Waals surface area (Å²) in [6.45, 7) is 0. The van der Waals surface area contributed by atoms with Crippen molar-refractivity contribution in [3.8, 4) is 0 Å². The summed E-state index contributed by atoms with van der Waals surface area (Å²) in [6, 6.07) is 20.0. The molecule has 16 heavy (non-hydrogen) atoms. The largest absolute Gasteiger partial charge is 5.00 e. The van der Waals surface area contributed by atoms with Gasteiger partial charge in [-0.2, -0.15) is 18.2 Å². The van der Waals surface area contributed by atoms with Gasteiger partial charge in [-0.25, -0.2) is 12.1 Å². The third-order valence-corrected chi connectivity index (χ3v) is 1.11. The molecule has 0 amide bonds. The summed E-state index contributed by atoms with van der Waals surface area (Å²) >= 11 is 0. The Morgan fingerprint density at radius 2 is 0.938 bits per heavy atom. The maximum atomic E-state index is 7.25. The quantitative estimate of drug-likeness (QED) is 0.509. The molecule has 0 saturated heterocycles. The molecule has 0 aliphatic carbocycles. The van der Waals surface area contributed by atoms with Crippen LogP contribution in [0.5, 0.6) is 0 Å². The number of nitroso groups, excluding NO2 is 2. The van der Waals surface area contributed by atoms with Crippen LogP contribution in [0.1, 0.15) is 0 Å². The van der Waals surface area contributed by atoms with Crippen LogP contribution in [-0.4, -0.2) is 0 Å². The van der Waals surface area contributed by atoms with Gasteiger partial charge in [0.25, 0.3) is 0 Å². The first kappa shape index (κ1) is 24.4. The number of rotatable bonds is 0. The Kier molecular flexibility index (Phi) is 44.6. The minimum atomic E-state index is 0. The smallest absolute Gasteiger partial charge is 0.748 e. The van der Waals surface area contributed by atoms with Gasteiger partial charge in [0.2, 0.25) is 0 Å². The van der Waals surface area contributed by atoms with Crippen molar-refractivity contribution in [3.63, 3.8) is 0 Å². The fourth-order valence-corrected chi connectivity index (χ4v) is 0.642. The number of nitrogens with zero attached hydrogens (tertiary/aromatic N) is 2. The predicted molar refractivity (Wildman–Crippen MR) is 57.5 cm³/mol. The van der Waals surface area contributed by atoms with E-state index in [0.29, 0.717) is 0 Å². The molecule has 0 spiro atoms. The third-order valence-electron chi connectivity index (χ3n) is 1.11. The van der Waals surface area contributed by atoms with E-state index in [2.05, 4.69) is 0 Å². The standard InChI is InChI=1S/2C5H5.2NO.2Ru/c2*1-2-4-5-3-1;2*1-2;;/h2*1-5H;;;;/q-5;3*-1;;+5. The molecular formula is C10H10N2O2Ru2-3. The summed E-state index contributed by atoms with van der Waals surface area (Å²) in [5.74, 6) is 0. The van der Waals surface area contributed by atoms with Gasteiger partial charge in [-0.3, -0.25) is 0 Å². The van der Waals surface area contributed by atoms with Crippen LogP contribution in [0, 0.1) is 9.81 Å². The zero-order valence-corrected chi connectivity index (χ0v) is 11.7. The molecule has 2 aromatic carbocycles. The molecule has 2 rings (SSSR count). The summed E-state index contributed by atoms with van der Waals surface area (Å²) in [5, 5.41) is 0. The van der Waals surface area contributed by atoms with Crippen molar-refractivity contribution in [3.05, 3.63) is 81.7 Å². The first-order valence-electron chi connectivity index (χ1n) is 3.70. The van der Waals surface area contributed by atoms with E-state index in [-0.39, 0.29) is 39.0 Å². The van der Waals surface area contributed by atoms with E-state index in [1.807, 2.05) is 60.7 Å². The van der Waals surface area contributed by atoms with Crippen molar-refractivity contribution in [2.75, 3.05) is 0 Å². The van der Waals surface area contributed by atoms with Crippen molar-refractivity contribution in [1.82, 2.24) is 0 Å². The van der Waals surface area contributed by atoms with Gasteiger partial charge in [0.05, 0.1) is 0 Å². The SMILES string of the molecule is [N-]=O.[N-]=O.[Ru+5].[Ru].[cH-]1[cH-][cH-][cH-][cH-]1.c1cc[cH-]c1. The minimum Gasteiger partial charge on any atom is -0.748 e. The molecule has 0 unspecified atom stereocenters. The van der Waals surface area contributed by atoms with Crippen LogP contribution in [0.25, 0.3) is 11.2 Å². The van der Waals surface area contributed by atoms with Crippen LogP contribution < -0.4 is 0 Å². The first-order chi connectivity index (χ1) is 7.00. The molecular weight excluding hydrogens is 382 g/mol. The second kappa shape index (κ2) is 29.2. The van der Waals surface area contributed by atoms with Crippen molar-refractivity contribution in [2.24, 2.45) is 0 Å². The zero-order chi connectivity index (χ0) is 11.1. The molecule has 4 nitrogen and oxygen atoms in total. The average molecular weight is 392 g/mol. The van der Waals surface area contributed by atoms with Crippen LogP contribution in [0.15, 0.2) is 60.7 Å². The fraction of sp³-hybridized carbons (Fsp3) is 0. The Morgan fingerprint density at radius 1 is 0.688 bits per heavy atom. The first-order valence-corrected chi connectivity index (χ1v) is 3.70. The maximum absolute atomic E-state index is 7.25. The van der Waals surface area contributed by atoms with Gasteiger partial charge >= 0.3 is 19.5 Å². The Balaban J connectivity index is -0.0000000631. The van der Waals surface area contributed by atoms with E-state index < -0.39 is 0 Å². The Bertz CT molecular complexity index is 187. The molecule has 0 aliphatic heterocycles. The topological polar surface area (TPSA) is 78.7 Å². The Morgan fingerprint density at radius 3 is 1.06 bits per heavy atom. The minimum absolute atomic E-state index is 0. The molecule has 0 fully saturated rings. The van der Waals surface area contributed by atoms with Crippen LogP contribution in [-0.2, 0) is 39.0 Å². The van der Waals surface area contributed by atoms with Gasteiger partial charge in [0.15, 0.2) is 0 Å². The van der Waals surface area contributed by atoms with Crippen LogP contribution in [0.3, 0.4) is 0 Å². The van der Waals surface area contributed by atoms with Gasteiger partial charge in [-0.1, -0.05) is 0 Å². The normalized spacial score (nSPS) is 5.50. The molecule has 0 N–H and O–H groups in total. The molecule has 6 heteroatoms. The van der Waals surface area contributed by atoms with Crippen molar-refractivity contribution in [2.45, 2.75) is 0 Å². The second-order valence-electron chi connectivity index (χ2n) is 1.92. The average Bonchev–Trinajstić information content (AvgIpc) is 3.01. The summed E-state index contributed by atoms with van der Waals surface area (Å²) in [7, 11) is 0. The van der Waals surface area contributed by atoms with E-state index in [1.54, 1.807) is 0 Å². The number of hydrogen-bond acceptors (Lipinski definition) is 2. The monoisotopic (exact) mass is 394 g/mol. The van der Waals surface area contributed by atoms with Crippen LogP contribution >= 0.6 is 0 Å². The van der Waals surface area contributed by atoms with Gasteiger partial charge in [0.1, 0.15) is 0 Å². The van der Waals surface area contributed by atoms with Crippen molar-refractivity contribution in [1.29, 1.82) is 0 Å². The van der Waals surface area contributed by atoms with Gasteiger partial charge < -0.3 is 51.3 Å². The molecule has 0 saturated carbocycles. The predicted octanol–water partition coefficient (Wildman–Crippen LogP) is 3.45. The summed E-state index contributed by atoms with van der Waals surface area (Å²) in [5.41, 5.74) is 11.5. The van der Waals surface area contributed by atoms with E-state index >= 15 is 0 Å². The molecule has 0 heterocycles. The van der Waals surface area contributed by atoms with Gasteiger partial charge in [0, 0.05) is 19.5 Å². The molecule has 0 bridgehead atoms. The fourth-order valence-electron chi connectivity index (χ4n) is 0.642. The maximum Gasteiger partial charge on any atom is 5.00 e.